The Morgan fingerprint density at radius 1 is 1.17 bits per heavy atom. The standard InChI is InChI=1S/C14H20N4/c1-9-5-10(2)7-12(6-9)14(17-15)13-8-16-18(4)11(13)3/h5-8,14,17H,15H2,1-4H3. The number of hydrogen-bond donors (Lipinski definition) is 2. The number of aryl methyl sites for hydroxylation is 3. The Hall–Kier alpha value is -1.65. The summed E-state index contributed by atoms with van der Waals surface area (Å²) in [6, 6.07) is 6.46. The number of nitrogens with zero attached hydrogens (tertiary/aromatic N) is 2. The summed E-state index contributed by atoms with van der Waals surface area (Å²) in [5.41, 5.74) is 8.79. The molecule has 0 amide bonds. The summed E-state index contributed by atoms with van der Waals surface area (Å²) in [7, 11) is 1.94. The molecule has 1 atom stereocenters. The molecule has 0 saturated heterocycles. The van der Waals surface area contributed by atoms with Crippen molar-refractivity contribution in [1.29, 1.82) is 0 Å². The Kier molecular flexibility index (Phi) is 3.50. The molecule has 96 valence electrons. The Bertz CT molecular complexity index is 537. The summed E-state index contributed by atoms with van der Waals surface area (Å²) in [6.07, 6.45) is 1.87. The molecule has 3 N–H and O–H groups in total. The van der Waals surface area contributed by atoms with Gasteiger partial charge >= 0.3 is 0 Å². The van der Waals surface area contributed by atoms with Crippen LogP contribution in [0.2, 0.25) is 0 Å². The second kappa shape index (κ2) is 4.92. The second-order valence-electron chi connectivity index (χ2n) is 4.83. The monoisotopic (exact) mass is 244 g/mol. The van der Waals surface area contributed by atoms with Gasteiger partial charge in [-0.15, -0.1) is 0 Å². The molecule has 2 aromatic rings. The fourth-order valence-corrected chi connectivity index (χ4v) is 2.34. The lowest BCUT2D eigenvalue weighted by Crippen LogP contribution is -2.29. The van der Waals surface area contributed by atoms with Gasteiger partial charge in [-0.05, 0) is 26.3 Å². The van der Waals surface area contributed by atoms with E-state index in [9.17, 15) is 0 Å². The van der Waals surface area contributed by atoms with Crippen LogP contribution in [0.4, 0.5) is 0 Å². The quantitative estimate of drug-likeness (QED) is 0.640. The zero-order valence-corrected chi connectivity index (χ0v) is 11.4. The summed E-state index contributed by atoms with van der Waals surface area (Å²) in [5, 5.41) is 4.28. The molecule has 0 aliphatic heterocycles. The van der Waals surface area contributed by atoms with E-state index in [1.807, 2.05) is 17.9 Å². The number of benzene rings is 1. The van der Waals surface area contributed by atoms with E-state index in [0.717, 1.165) is 11.3 Å². The second-order valence-corrected chi connectivity index (χ2v) is 4.83. The van der Waals surface area contributed by atoms with Gasteiger partial charge in [-0.1, -0.05) is 29.3 Å². The van der Waals surface area contributed by atoms with Gasteiger partial charge < -0.3 is 0 Å². The van der Waals surface area contributed by atoms with Gasteiger partial charge in [0.2, 0.25) is 0 Å². The van der Waals surface area contributed by atoms with Crippen LogP contribution in [0.15, 0.2) is 24.4 Å². The highest BCUT2D eigenvalue weighted by atomic mass is 15.3. The van der Waals surface area contributed by atoms with Crippen molar-refractivity contribution >= 4 is 0 Å². The lowest BCUT2D eigenvalue weighted by Gasteiger charge is -2.17. The first-order valence-electron chi connectivity index (χ1n) is 6.05. The van der Waals surface area contributed by atoms with Gasteiger partial charge in [-0.3, -0.25) is 10.5 Å². The average Bonchev–Trinajstić information content (AvgIpc) is 2.61. The SMILES string of the molecule is Cc1cc(C)cc(C(NN)c2cnn(C)c2C)c1. The van der Waals surface area contributed by atoms with Gasteiger partial charge in [-0.2, -0.15) is 5.10 Å². The van der Waals surface area contributed by atoms with Crippen LogP contribution >= 0.6 is 0 Å². The molecule has 4 heteroatoms. The number of nitrogens with two attached hydrogens (primary N) is 1. The van der Waals surface area contributed by atoms with Crippen molar-refractivity contribution in [3.63, 3.8) is 0 Å². The number of rotatable bonds is 3. The molecule has 0 radical (unpaired) electrons. The van der Waals surface area contributed by atoms with Gasteiger partial charge in [0.1, 0.15) is 0 Å². The molecular formula is C14H20N4. The Morgan fingerprint density at radius 2 is 1.78 bits per heavy atom. The molecular weight excluding hydrogens is 224 g/mol. The van der Waals surface area contributed by atoms with Crippen molar-refractivity contribution in [3.05, 3.63) is 52.3 Å². The van der Waals surface area contributed by atoms with Gasteiger partial charge in [-0.25, -0.2) is 5.43 Å². The van der Waals surface area contributed by atoms with Crippen LogP contribution in [0.3, 0.4) is 0 Å². The van der Waals surface area contributed by atoms with E-state index in [2.05, 4.69) is 49.5 Å². The maximum absolute atomic E-state index is 5.73. The highest BCUT2D eigenvalue weighted by Crippen LogP contribution is 2.25. The smallest absolute Gasteiger partial charge is 0.0743 e. The largest absolute Gasteiger partial charge is 0.273 e. The normalized spacial score (nSPS) is 12.7. The van der Waals surface area contributed by atoms with Gasteiger partial charge in [0.05, 0.1) is 12.2 Å². The van der Waals surface area contributed by atoms with E-state index >= 15 is 0 Å². The molecule has 2 rings (SSSR count). The van der Waals surface area contributed by atoms with Gasteiger partial charge in [0.15, 0.2) is 0 Å². The van der Waals surface area contributed by atoms with Crippen LogP contribution < -0.4 is 11.3 Å². The summed E-state index contributed by atoms with van der Waals surface area (Å²) in [5.74, 6) is 5.73. The van der Waals surface area contributed by atoms with E-state index in [0.29, 0.717) is 0 Å². The number of hydrogen-bond acceptors (Lipinski definition) is 3. The van der Waals surface area contributed by atoms with Crippen molar-refractivity contribution in [3.8, 4) is 0 Å². The minimum Gasteiger partial charge on any atom is -0.273 e. The number of hydrazine groups is 1. The van der Waals surface area contributed by atoms with E-state index in [1.165, 1.54) is 16.7 Å². The van der Waals surface area contributed by atoms with Crippen LogP contribution in [0.1, 0.15) is 34.0 Å². The molecule has 4 nitrogen and oxygen atoms in total. The molecule has 0 bridgehead atoms. The Labute approximate surface area is 108 Å². The first kappa shape index (κ1) is 12.8. The third kappa shape index (κ3) is 2.30. The van der Waals surface area contributed by atoms with E-state index in [1.54, 1.807) is 0 Å². The third-order valence-electron chi connectivity index (χ3n) is 3.33. The molecule has 1 unspecified atom stereocenters. The van der Waals surface area contributed by atoms with Crippen molar-refractivity contribution in [1.82, 2.24) is 15.2 Å². The lowest BCUT2D eigenvalue weighted by atomic mass is 9.96. The van der Waals surface area contributed by atoms with Crippen molar-refractivity contribution < 1.29 is 0 Å². The fraction of sp³-hybridized carbons (Fsp3) is 0.357. The van der Waals surface area contributed by atoms with Crippen LogP contribution in [0.25, 0.3) is 0 Å². The first-order valence-corrected chi connectivity index (χ1v) is 6.05. The van der Waals surface area contributed by atoms with Gasteiger partial charge in [0, 0.05) is 18.3 Å². The summed E-state index contributed by atoms with van der Waals surface area (Å²) in [6.45, 7) is 6.25. The maximum atomic E-state index is 5.73. The predicted octanol–water partition coefficient (Wildman–Crippen LogP) is 1.90. The maximum Gasteiger partial charge on any atom is 0.0743 e. The zero-order chi connectivity index (χ0) is 13.3. The zero-order valence-electron chi connectivity index (χ0n) is 11.4. The molecule has 0 fully saturated rings. The first-order chi connectivity index (χ1) is 8.52. The summed E-state index contributed by atoms with van der Waals surface area (Å²) < 4.78 is 1.86. The summed E-state index contributed by atoms with van der Waals surface area (Å²) in [4.78, 5) is 0. The topological polar surface area (TPSA) is 55.9 Å². The Morgan fingerprint density at radius 3 is 2.22 bits per heavy atom. The van der Waals surface area contributed by atoms with Gasteiger partial charge in [0.25, 0.3) is 0 Å². The van der Waals surface area contributed by atoms with Crippen molar-refractivity contribution in [2.75, 3.05) is 0 Å². The molecule has 1 aromatic carbocycles. The predicted molar refractivity (Wildman–Crippen MR) is 73.0 cm³/mol. The number of aromatic nitrogens is 2. The molecule has 0 saturated carbocycles. The van der Waals surface area contributed by atoms with Crippen LogP contribution in [0, 0.1) is 20.8 Å². The van der Waals surface area contributed by atoms with Crippen LogP contribution in [-0.4, -0.2) is 9.78 Å². The van der Waals surface area contributed by atoms with Crippen LogP contribution in [-0.2, 0) is 7.05 Å². The Balaban J connectivity index is 2.48. The molecule has 1 aromatic heterocycles. The highest BCUT2D eigenvalue weighted by molar-refractivity contribution is 5.37. The molecule has 0 aliphatic carbocycles. The van der Waals surface area contributed by atoms with E-state index < -0.39 is 0 Å². The van der Waals surface area contributed by atoms with E-state index in [4.69, 9.17) is 5.84 Å². The molecule has 1 heterocycles. The van der Waals surface area contributed by atoms with Crippen molar-refractivity contribution in [2.45, 2.75) is 26.8 Å². The third-order valence-corrected chi connectivity index (χ3v) is 3.33. The minimum absolute atomic E-state index is 0.0164. The minimum atomic E-state index is -0.0164. The molecule has 18 heavy (non-hydrogen) atoms. The fourth-order valence-electron chi connectivity index (χ4n) is 2.34. The lowest BCUT2D eigenvalue weighted by molar-refractivity contribution is 0.629. The molecule has 0 spiro atoms. The average molecular weight is 244 g/mol. The highest BCUT2D eigenvalue weighted by Gasteiger charge is 2.17. The van der Waals surface area contributed by atoms with Crippen molar-refractivity contribution in [2.24, 2.45) is 12.9 Å². The summed E-state index contributed by atoms with van der Waals surface area (Å²) >= 11 is 0. The van der Waals surface area contributed by atoms with E-state index in [-0.39, 0.29) is 6.04 Å². The van der Waals surface area contributed by atoms with Crippen LogP contribution in [0.5, 0.6) is 0 Å². The number of nitrogens with one attached hydrogen (secondary N) is 1. The molecule has 0 aliphatic rings.